The molecule has 1 fully saturated rings. The quantitative estimate of drug-likeness (QED) is 0.561. The number of sulfonamides is 1. The van der Waals surface area contributed by atoms with E-state index in [1.54, 1.807) is 32.9 Å². The molecule has 0 aliphatic carbocycles. The van der Waals surface area contributed by atoms with Crippen molar-refractivity contribution >= 4 is 27.7 Å². The Morgan fingerprint density at radius 2 is 1.76 bits per heavy atom. The number of hydrogen-bond donors (Lipinski definition) is 3. The van der Waals surface area contributed by atoms with Crippen molar-refractivity contribution in [2.24, 2.45) is 0 Å². The zero-order valence-electron chi connectivity index (χ0n) is 17.2. The number of alkyl carbamates (subject to hydrolysis) is 1. The van der Waals surface area contributed by atoms with Crippen molar-refractivity contribution in [3.05, 3.63) is 24.3 Å². The van der Waals surface area contributed by atoms with E-state index in [-0.39, 0.29) is 17.9 Å². The maximum absolute atomic E-state index is 12.4. The number of rotatable bonds is 7. The van der Waals surface area contributed by atoms with Gasteiger partial charge in [-0.2, -0.15) is 0 Å². The molecule has 1 aliphatic rings. The summed E-state index contributed by atoms with van der Waals surface area (Å²) >= 11 is 0. The Labute approximate surface area is 172 Å². The van der Waals surface area contributed by atoms with E-state index in [4.69, 9.17) is 4.74 Å². The first-order valence-corrected chi connectivity index (χ1v) is 11.1. The second-order valence-corrected chi connectivity index (χ2v) is 9.47. The number of amides is 2. The second kappa shape index (κ2) is 9.93. The molecule has 2 rings (SSSR count). The predicted octanol–water partition coefficient (Wildman–Crippen LogP) is 1.21. The highest BCUT2D eigenvalue weighted by Crippen LogP contribution is 2.18. The van der Waals surface area contributed by atoms with Crippen LogP contribution in [0.15, 0.2) is 29.2 Å². The van der Waals surface area contributed by atoms with E-state index in [9.17, 15) is 18.0 Å². The summed E-state index contributed by atoms with van der Waals surface area (Å²) in [5, 5.41) is 5.79. The summed E-state index contributed by atoms with van der Waals surface area (Å²) in [5.41, 5.74) is 0.348. The molecular weight excluding hydrogens is 396 g/mol. The number of benzene rings is 1. The zero-order valence-corrected chi connectivity index (χ0v) is 18.0. The Morgan fingerprint density at radius 1 is 1.14 bits per heavy atom. The molecule has 0 bridgehead atoms. The van der Waals surface area contributed by atoms with Gasteiger partial charge < -0.3 is 20.3 Å². The van der Waals surface area contributed by atoms with Crippen molar-refractivity contribution in [1.82, 2.24) is 15.4 Å². The van der Waals surface area contributed by atoms with Gasteiger partial charge in [-0.3, -0.25) is 4.79 Å². The van der Waals surface area contributed by atoms with E-state index in [1.807, 2.05) is 0 Å². The van der Waals surface area contributed by atoms with Crippen LogP contribution in [0, 0.1) is 0 Å². The largest absolute Gasteiger partial charge is 0.444 e. The maximum atomic E-state index is 12.4. The third-order valence-corrected chi connectivity index (χ3v) is 5.52. The van der Waals surface area contributed by atoms with Gasteiger partial charge in [0.05, 0.1) is 4.90 Å². The second-order valence-electron chi connectivity index (χ2n) is 7.79. The fourth-order valence-electron chi connectivity index (χ4n) is 2.77. The first kappa shape index (κ1) is 23.0. The van der Waals surface area contributed by atoms with Crippen LogP contribution in [0.4, 0.5) is 10.5 Å². The summed E-state index contributed by atoms with van der Waals surface area (Å²) in [4.78, 5) is 25.7. The van der Waals surface area contributed by atoms with Gasteiger partial charge in [-0.15, -0.1) is 0 Å². The summed E-state index contributed by atoms with van der Waals surface area (Å²) in [6.07, 6.45) is -0.314. The molecule has 1 saturated heterocycles. The Kier molecular flexibility index (Phi) is 7.86. The Bertz CT molecular complexity index is 797. The van der Waals surface area contributed by atoms with Crippen LogP contribution in [0.3, 0.4) is 0 Å². The van der Waals surface area contributed by atoms with Crippen LogP contribution in [0.25, 0.3) is 0 Å². The summed E-state index contributed by atoms with van der Waals surface area (Å²) in [6.45, 7) is 8.96. The maximum Gasteiger partial charge on any atom is 0.407 e. The van der Waals surface area contributed by atoms with Crippen molar-refractivity contribution in [3.8, 4) is 0 Å². The van der Waals surface area contributed by atoms with Crippen molar-refractivity contribution in [1.29, 1.82) is 0 Å². The number of carbonyl (C=O) groups is 2. The van der Waals surface area contributed by atoms with E-state index in [0.29, 0.717) is 6.42 Å². The summed E-state index contributed by atoms with van der Waals surface area (Å²) < 4.78 is 31.9. The van der Waals surface area contributed by atoms with Crippen LogP contribution in [0.5, 0.6) is 0 Å². The first-order chi connectivity index (χ1) is 13.6. The molecule has 3 N–H and O–H groups in total. The molecule has 0 radical (unpaired) electrons. The monoisotopic (exact) mass is 426 g/mol. The van der Waals surface area contributed by atoms with Crippen molar-refractivity contribution < 1.29 is 22.7 Å². The number of anilines is 1. The molecule has 1 aromatic carbocycles. The Balaban J connectivity index is 1.79. The van der Waals surface area contributed by atoms with Gasteiger partial charge in [0.2, 0.25) is 5.91 Å². The average Bonchev–Trinajstić information content (AvgIpc) is 2.64. The zero-order chi connectivity index (χ0) is 21.5. The molecule has 0 spiro atoms. The van der Waals surface area contributed by atoms with E-state index in [1.165, 1.54) is 12.1 Å². The van der Waals surface area contributed by atoms with Crippen molar-refractivity contribution in [2.75, 3.05) is 37.6 Å². The molecule has 1 aliphatic heterocycles. The van der Waals surface area contributed by atoms with Crippen molar-refractivity contribution in [2.45, 2.75) is 44.1 Å². The van der Waals surface area contributed by atoms with Crippen LogP contribution in [0.2, 0.25) is 0 Å². The van der Waals surface area contributed by atoms with Crippen LogP contribution >= 0.6 is 0 Å². The molecule has 0 unspecified atom stereocenters. The average molecular weight is 427 g/mol. The lowest BCUT2D eigenvalue weighted by Crippen LogP contribution is -2.43. The Morgan fingerprint density at radius 3 is 2.34 bits per heavy atom. The molecular formula is C19H30N4O5S. The van der Waals surface area contributed by atoms with Crippen molar-refractivity contribution in [3.63, 3.8) is 0 Å². The molecule has 162 valence electrons. The molecule has 1 heterocycles. The van der Waals surface area contributed by atoms with E-state index < -0.39 is 27.6 Å². The molecule has 9 nitrogen and oxygen atoms in total. The fraction of sp³-hybridized carbons (Fsp3) is 0.579. The standard InChI is InChI=1S/C19H30N4O5S/c1-19(2,3)28-18(25)21-10-4-5-17(24)22-29(26,27)16-8-6-15(7-9-16)23-13-11-20-12-14-23/h6-9,20H,4-5,10-14H2,1-3H3,(H,21,25)(H,22,24). The third-order valence-electron chi connectivity index (χ3n) is 4.13. The Hall–Kier alpha value is -2.33. The van der Waals surface area contributed by atoms with Crippen LogP contribution in [0.1, 0.15) is 33.6 Å². The number of nitrogens with one attached hydrogen (secondary N) is 3. The summed E-state index contributed by atoms with van der Waals surface area (Å²) in [6, 6.07) is 6.48. The topological polar surface area (TPSA) is 117 Å². The normalized spacial score (nSPS) is 14.9. The summed E-state index contributed by atoms with van der Waals surface area (Å²) in [7, 11) is -3.93. The van der Waals surface area contributed by atoms with Gasteiger partial charge in [0.1, 0.15) is 5.60 Å². The minimum atomic E-state index is -3.93. The number of carbonyl (C=O) groups excluding carboxylic acids is 2. The van der Waals surface area contributed by atoms with Crippen LogP contribution in [-0.4, -0.2) is 58.7 Å². The van der Waals surface area contributed by atoms with Gasteiger partial charge in [0.15, 0.2) is 0 Å². The van der Waals surface area contributed by atoms with Gasteiger partial charge in [0.25, 0.3) is 10.0 Å². The summed E-state index contributed by atoms with van der Waals surface area (Å²) in [5.74, 6) is -0.623. The van der Waals surface area contributed by atoms with E-state index in [2.05, 4.69) is 20.3 Å². The number of piperazine rings is 1. The molecule has 10 heteroatoms. The number of ether oxygens (including phenoxy) is 1. The number of nitrogens with zero attached hydrogens (tertiary/aromatic N) is 1. The molecule has 0 atom stereocenters. The van der Waals surface area contributed by atoms with Gasteiger partial charge in [0, 0.05) is 44.8 Å². The lowest BCUT2D eigenvalue weighted by Gasteiger charge is -2.29. The van der Waals surface area contributed by atoms with Crippen LogP contribution < -0.4 is 20.3 Å². The molecule has 2 amide bonds. The van der Waals surface area contributed by atoms with E-state index in [0.717, 1.165) is 31.9 Å². The fourth-order valence-corrected chi connectivity index (χ4v) is 3.79. The highest BCUT2D eigenvalue weighted by atomic mass is 32.2. The van der Waals surface area contributed by atoms with Gasteiger partial charge >= 0.3 is 6.09 Å². The smallest absolute Gasteiger partial charge is 0.407 e. The minimum Gasteiger partial charge on any atom is -0.444 e. The molecule has 0 saturated carbocycles. The van der Waals surface area contributed by atoms with Crippen LogP contribution in [-0.2, 0) is 19.6 Å². The minimum absolute atomic E-state index is 0.0338. The molecule has 0 aromatic heterocycles. The lowest BCUT2D eigenvalue weighted by atomic mass is 10.2. The highest BCUT2D eigenvalue weighted by molar-refractivity contribution is 7.90. The lowest BCUT2D eigenvalue weighted by molar-refractivity contribution is -0.119. The van der Waals surface area contributed by atoms with Gasteiger partial charge in [-0.05, 0) is 51.5 Å². The molecule has 29 heavy (non-hydrogen) atoms. The van der Waals surface area contributed by atoms with E-state index >= 15 is 0 Å². The first-order valence-electron chi connectivity index (χ1n) is 9.65. The third kappa shape index (κ3) is 7.90. The highest BCUT2D eigenvalue weighted by Gasteiger charge is 2.19. The SMILES string of the molecule is CC(C)(C)OC(=O)NCCCC(=O)NS(=O)(=O)c1ccc(N2CCNCC2)cc1. The predicted molar refractivity (Wildman–Crippen MR) is 110 cm³/mol. The molecule has 1 aromatic rings. The number of hydrogen-bond acceptors (Lipinski definition) is 7. The van der Waals surface area contributed by atoms with Gasteiger partial charge in [-0.1, -0.05) is 0 Å². The van der Waals surface area contributed by atoms with Gasteiger partial charge in [-0.25, -0.2) is 17.9 Å².